The second kappa shape index (κ2) is 8.11. The lowest BCUT2D eigenvalue weighted by Gasteiger charge is -2.33. The van der Waals surface area contributed by atoms with Gasteiger partial charge in [-0.15, -0.1) is 0 Å². The monoisotopic (exact) mass is 319 g/mol. The molecule has 3 N–H and O–H groups in total. The quantitative estimate of drug-likeness (QED) is 0.810. The van der Waals surface area contributed by atoms with Crippen molar-refractivity contribution in [3.8, 4) is 0 Å². The van der Waals surface area contributed by atoms with Gasteiger partial charge in [-0.05, 0) is 37.8 Å². The number of para-hydroxylation sites is 1. The van der Waals surface area contributed by atoms with Gasteiger partial charge in [0.2, 0.25) is 11.8 Å². The van der Waals surface area contributed by atoms with Crippen molar-refractivity contribution in [3.05, 3.63) is 29.3 Å². The number of carbonyl (C=O) groups excluding carboxylic acids is 2. The van der Waals surface area contributed by atoms with Crippen molar-refractivity contribution in [2.45, 2.75) is 40.5 Å². The van der Waals surface area contributed by atoms with E-state index in [1.807, 2.05) is 45.9 Å². The second-order valence-electron chi connectivity index (χ2n) is 6.17. The maximum Gasteiger partial charge on any atom is 0.243 e. The lowest BCUT2D eigenvalue weighted by atomic mass is 9.81. The van der Waals surface area contributed by atoms with Gasteiger partial charge in [-0.3, -0.25) is 9.59 Å². The van der Waals surface area contributed by atoms with E-state index in [0.29, 0.717) is 19.4 Å². The summed E-state index contributed by atoms with van der Waals surface area (Å²) < 4.78 is 0. The lowest BCUT2D eigenvalue weighted by Crippen LogP contribution is -2.48. The summed E-state index contributed by atoms with van der Waals surface area (Å²) in [6.07, 6.45) is 1.34. The minimum absolute atomic E-state index is 0.0222. The third-order valence-corrected chi connectivity index (χ3v) is 4.67. The van der Waals surface area contributed by atoms with Crippen molar-refractivity contribution in [3.63, 3.8) is 0 Å². The van der Waals surface area contributed by atoms with E-state index in [4.69, 9.17) is 5.73 Å². The average molecular weight is 319 g/mol. The van der Waals surface area contributed by atoms with Gasteiger partial charge in [0, 0.05) is 19.3 Å². The predicted octanol–water partition coefficient (Wildman–Crippen LogP) is 2.47. The molecule has 0 saturated carbocycles. The van der Waals surface area contributed by atoms with Crippen LogP contribution in [0.5, 0.6) is 0 Å². The average Bonchev–Trinajstić information content (AvgIpc) is 2.53. The molecule has 0 saturated heterocycles. The summed E-state index contributed by atoms with van der Waals surface area (Å²) in [6, 6.07) is 5.85. The third kappa shape index (κ3) is 4.32. The van der Waals surface area contributed by atoms with Crippen LogP contribution in [-0.2, 0) is 9.59 Å². The van der Waals surface area contributed by atoms with Crippen LogP contribution in [-0.4, -0.2) is 36.9 Å². The van der Waals surface area contributed by atoms with Gasteiger partial charge in [0.15, 0.2) is 0 Å². The molecule has 0 atom stereocenters. The van der Waals surface area contributed by atoms with Gasteiger partial charge in [-0.1, -0.05) is 32.0 Å². The number of benzene rings is 1. The molecule has 0 aromatic heterocycles. The van der Waals surface area contributed by atoms with Gasteiger partial charge < -0.3 is 16.0 Å². The number of carbonyl (C=O) groups is 2. The Hall–Kier alpha value is -1.88. The number of hydrogen-bond donors (Lipinski definition) is 2. The van der Waals surface area contributed by atoms with Gasteiger partial charge in [0.1, 0.15) is 0 Å². The number of nitrogens with zero attached hydrogens (tertiary/aromatic N) is 1. The molecule has 0 heterocycles. The normalized spacial score (nSPS) is 11.2. The molecule has 0 fully saturated rings. The summed E-state index contributed by atoms with van der Waals surface area (Å²) in [5, 5.41) is 2.91. The Morgan fingerprint density at radius 3 is 2.13 bits per heavy atom. The van der Waals surface area contributed by atoms with Crippen LogP contribution in [0, 0.1) is 19.3 Å². The molecule has 0 radical (unpaired) electrons. The molecule has 0 spiro atoms. The first-order valence-electron chi connectivity index (χ1n) is 8.13. The Kier molecular flexibility index (Phi) is 6.76. The molecule has 128 valence electrons. The van der Waals surface area contributed by atoms with Crippen LogP contribution in [0.3, 0.4) is 0 Å². The Morgan fingerprint density at radius 2 is 1.70 bits per heavy atom. The smallest absolute Gasteiger partial charge is 0.243 e. The summed E-state index contributed by atoms with van der Waals surface area (Å²) in [6.45, 7) is 8.13. The summed E-state index contributed by atoms with van der Waals surface area (Å²) >= 11 is 0. The lowest BCUT2D eigenvalue weighted by molar-refractivity contribution is -0.142. The molecule has 23 heavy (non-hydrogen) atoms. The van der Waals surface area contributed by atoms with Gasteiger partial charge in [0.25, 0.3) is 0 Å². The van der Waals surface area contributed by atoms with E-state index in [1.165, 1.54) is 4.90 Å². The molecular formula is C18H29N3O2. The van der Waals surface area contributed by atoms with Crippen LogP contribution < -0.4 is 11.1 Å². The molecule has 1 aromatic rings. The highest BCUT2D eigenvalue weighted by atomic mass is 16.2. The molecular weight excluding hydrogens is 290 g/mol. The fourth-order valence-corrected chi connectivity index (χ4v) is 2.81. The number of aryl methyl sites for hydroxylation is 2. The summed E-state index contributed by atoms with van der Waals surface area (Å²) in [7, 11) is 1.66. The minimum Gasteiger partial charge on any atom is -0.336 e. The van der Waals surface area contributed by atoms with Gasteiger partial charge in [-0.25, -0.2) is 0 Å². The number of hydrogen-bond acceptors (Lipinski definition) is 3. The number of rotatable bonds is 7. The topological polar surface area (TPSA) is 75.4 Å². The van der Waals surface area contributed by atoms with Crippen molar-refractivity contribution in [2.24, 2.45) is 11.1 Å². The van der Waals surface area contributed by atoms with Crippen LogP contribution in [0.15, 0.2) is 18.2 Å². The Bertz CT molecular complexity index is 537. The molecule has 2 amide bonds. The SMILES string of the molecule is CCC(CC)(CN)C(=O)N(C)CC(=O)Nc1c(C)cccc1C. The van der Waals surface area contributed by atoms with Crippen molar-refractivity contribution in [2.75, 3.05) is 25.5 Å². The zero-order valence-electron chi connectivity index (χ0n) is 14.9. The molecule has 0 unspecified atom stereocenters. The highest BCUT2D eigenvalue weighted by Crippen LogP contribution is 2.27. The summed E-state index contributed by atoms with van der Waals surface area (Å²) in [5.41, 5.74) is 8.06. The van der Waals surface area contributed by atoms with Gasteiger partial charge in [-0.2, -0.15) is 0 Å². The van der Waals surface area contributed by atoms with E-state index in [2.05, 4.69) is 5.32 Å². The van der Waals surface area contributed by atoms with Crippen molar-refractivity contribution in [1.82, 2.24) is 4.90 Å². The van der Waals surface area contributed by atoms with E-state index < -0.39 is 5.41 Å². The largest absolute Gasteiger partial charge is 0.336 e. The molecule has 5 heteroatoms. The molecule has 0 aliphatic rings. The molecule has 0 bridgehead atoms. The van der Waals surface area contributed by atoms with E-state index in [9.17, 15) is 9.59 Å². The Labute approximate surface area is 139 Å². The van der Waals surface area contributed by atoms with Gasteiger partial charge >= 0.3 is 0 Å². The fraction of sp³-hybridized carbons (Fsp3) is 0.556. The Balaban J connectivity index is 2.79. The number of anilines is 1. The summed E-state index contributed by atoms with van der Waals surface area (Å²) in [5.74, 6) is -0.266. The first-order chi connectivity index (χ1) is 10.8. The summed E-state index contributed by atoms with van der Waals surface area (Å²) in [4.78, 5) is 26.4. The standard InChI is InChI=1S/C18H29N3O2/c1-6-18(7-2,12-19)17(23)21(5)11-15(22)20-16-13(3)9-8-10-14(16)4/h8-10H,6-7,11-12,19H2,1-5H3,(H,20,22). The number of likely N-dealkylation sites (N-methyl/N-ethyl adjacent to an activating group) is 1. The van der Waals surface area contributed by atoms with Crippen molar-refractivity contribution < 1.29 is 9.59 Å². The first kappa shape index (κ1) is 19.2. The third-order valence-electron chi connectivity index (χ3n) is 4.67. The van der Waals surface area contributed by atoms with Crippen molar-refractivity contribution in [1.29, 1.82) is 0 Å². The minimum atomic E-state index is -0.576. The fourth-order valence-electron chi connectivity index (χ4n) is 2.81. The van der Waals surface area contributed by atoms with E-state index in [0.717, 1.165) is 16.8 Å². The Morgan fingerprint density at radius 1 is 1.17 bits per heavy atom. The second-order valence-corrected chi connectivity index (χ2v) is 6.17. The van der Waals surface area contributed by atoms with Crippen LogP contribution in [0.2, 0.25) is 0 Å². The molecule has 5 nitrogen and oxygen atoms in total. The van der Waals surface area contributed by atoms with E-state index in [-0.39, 0.29) is 18.4 Å². The highest BCUT2D eigenvalue weighted by Gasteiger charge is 2.36. The molecule has 1 aromatic carbocycles. The van der Waals surface area contributed by atoms with Crippen LogP contribution in [0.25, 0.3) is 0 Å². The molecule has 0 aliphatic heterocycles. The zero-order chi connectivity index (χ0) is 17.6. The molecule has 1 rings (SSSR count). The zero-order valence-corrected chi connectivity index (χ0v) is 14.9. The van der Waals surface area contributed by atoms with E-state index in [1.54, 1.807) is 7.05 Å². The van der Waals surface area contributed by atoms with E-state index >= 15 is 0 Å². The number of nitrogens with one attached hydrogen (secondary N) is 1. The van der Waals surface area contributed by atoms with Crippen LogP contribution in [0.1, 0.15) is 37.8 Å². The maximum atomic E-state index is 12.6. The van der Waals surface area contributed by atoms with Gasteiger partial charge in [0.05, 0.1) is 12.0 Å². The van der Waals surface area contributed by atoms with Crippen LogP contribution >= 0.6 is 0 Å². The number of nitrogens with two attached hydrogens (primary N) is 1. The van der Waals surface area contributed by atoms with Crippen LogP contribution in [0.4, 0.5) is 5.69 Å². The predicted molar refractivity (Wildman–Crippen MR) is 94.3 cm³/mol. The molecule has 0 aliphatic carbocycles. The number of amides is 2. The first-order valence-corrected chi connectivity index (χ1v) is 8.13. The highest BCUT2D eigenvalue weighted by molar-refractivity contribution is 5.96. The van der Waals surface area contributed by atoms with Crippen molar-refractivity contribution >= 4 is 17.5 Å². The maximum absolute atomic E-state index is 12.6.